The summed E-state index contributed by atoms with van der Waals surface area (Å²) in [6.07, 6.45) is 7.69. The number of benzene rings is 1. The SMILES string of the molecule is N#CCC1CCC(n2c(COC(=O)Nc3ccccc3)nc3cnc4[nH]ccc4c32)CC1. The van der Waals surface area contributed by atoms with Crippen LogP contribution in [0.3, 0.4) is 0 Å². The van der Waals surface area contributed by atoms with E-state index in [9.17, 15) is 4.79 Å². The van der Waals surface area contributed by atoms with Crippen molar-refractivity contribution in [1.82, 2.24) is 19.5 Å². The summed E-state index contributed by atoms with van der Waals surface area (Å²) in [6, 6.07) is 13.8. The second-order valence-corrected chi connectivity index (χ2v) is 8.23. The normalized spacial score (nSPS) is 18.5. The van der Waals surface area contributed by atoms with E-state index in [1.807, 2.05) is 42.6 Å². The molecule has 0 radical (unpaired) electrons. The molecule has 0 saturated heterocycles. The molecule has 3 aromatic heterocycles. The Bertz CT molecular complexity index is 1280. The third-order valence-electron chi connectivity index (χ3n) is 6.22. The van der Waals surface area contributed by atoms with E-state index >= 15 is 0 Å². The molecule has 0 unspecified atom stereocenters. The third-order valence-corrected chi connectivity index (χ3v) is 6.22. The van der Waals surface area contributed by atoms with Crippen LogP contribution in [0.4, 0.5) is 10.5 Å². The van der Waals surface area contributed by atoms with E-state index in [2.05, 4.69) is 25.9 Å². The molecule has 8 nitrogen and oxygen atoms in total. The molecular formula is C24H24N6O2. The number of nitriles is 1. The van der Waals surface area contributed by atoms with Gasteiger partial charge in [-0.2, -0.15) is 5.26 Å². The number of nitrogens with zero attached hydrogens (tertiary/aromatic N) is 4. The fourth-order valence-corrected chi connectivity index (χ4v) is 4.68. The Labute approximate surface area is 185 Å². The zero-order valence-electron chi connectivity index (χ0n) is 17.6. The summed E-state index contributed by atoms with van der Waals surface area (Å²) in [5.41, 5.74) is 3.30. The van der Waals surface area contributed by atoms with E-state index < -0.39 is 6.09 Å². The van der Waals surface area contributed by atoms with Crippen molar-refractivity contribution in [1.29, 1.82) is 5.26 Å². The maximum Gasteiger partial charge on any atom is 0.412 e. The van der Waals surface area contributed by atoms with Gasteiger partial charge < -0.3 is 14.3 Å². The largest absolute Gasteiger partial charge is 0.441 e. The number of carbonyl (C=O) groups excluding carboxylic acids is 1. The average Bonchev–Trinajstić information content (AvgIpc) is 3.43. The minimum atomic E-state index is -0.516. The van der Waals surface area contributed by atoms with E-state index in [0.717, 1.165) is 47.8 Å². The second kappa shape index (κ2) is 8.71. The predicted octanol–water partition coefficient (Wildman–Crippen LogP) is 5.31. The monoisotopic (exact) mass is 428 g/mol. The zero-order chi connectivity index (χ0) is 21.9. The van der Waals surface area contributed by atoms with Gasteiger partial charge in [-0.05, 0) is 49.8 Å². The molecule has 1 aliphatic carbocycles. The van der Waals surface area contributed by atoms with Crippen LogP contribution in [0.5, 0.6) is 0 Å². The number of ether oxygens (including phenoxy) is 1. The number of rotatable bonds is 5. The van der Waals surface area contributed by atoms with Gasteiger partial charge in [0.2, 0.25) is 0 Å². The lowest BCUT2D eigenvalue weighted by Gasteiger charge is -2.29. The first-order valence-electron chi connectivity index (χ1n) is 10.9. The number of anilines is 1. The van der Waals surface area contributed by atoms with E-state index in [1.165, 1.54) is 0 Å². The van der Waals surface area contributed by atoms with Gasteiger partial charge >= 0.3 is 6.09 Å². The van der Waals surface area contributed by atoms with Crippen molar-refractivity contribution in [3.63, 3.8) is 0 Å². The van der Waals surface area contributed by atoms with E-state index in [4.69, 9.17) is 15.0 Å². The molecule has 162 valence electrons. The highest BCUT2D eigenvalue weighted by molar-refractivity contribution is 6.01. The summed E-state index contributed by atoms with van der Waals surface area (Å²) in [5.74, 6) is 1.17. The second-order valence-electron chi connectivity index (χ2n) is 8.23. The molecule has 0 spiro atoms. The van der Waals surface area contributed by atoms with Gasteiger partial charge in [-0.3, -0.25) is 5.32 Å². The number of imidazole rings is 1. The van der Waals surface area contributed by atoms with Crippen molar-refractivity contribution >= 4 is 33.8 Å². The van der Waals surface area contributed by atoms with E-state index in [-0.39, 0.29) is 12.6 Å². The number of aromatic nitrogens is 4. The van der Waals surface area contributed by atoms with Gasteiger partial charge in [0.05, 0.1) is 17.8 Å². The summed E-state index contributed by atoms with van der Waals surface area (Å²) >= 11 is 0. The van der Waals surface area contributed by atoms with Crippen LogP contribution in [0, 0.1) is 17.2 Å². The Hall–Kier alpha value is -3.86. The average molecular weight is 428 g/mol. The van der Waals surface area contributed by atoms with Crippen LogP contribution in [-0.4, -0.2) is 25.6 Å². The van der Waals surface area contributed by atoms with Gasteiger partial charge in [0.1, 0.15) is 17.0 Å². The van der Waals surface area contributed by atoms with Crippen LogP contribution in [0.15, 0.2) is 48.8 Å². The molecule has 1 amide bonds. The van der Waals surface area contributed by atoms with Gasteiger partial charge in [-0.25, -0.2) is 14.8 Å². The number of nitrogens with one attached hydrogen (secondary N) is 2. The molecule has 5 rings (SSSR count). The molecule has 2 N–H and O–H groups in total. The minimum Gasteiger partial charge on any atom is -0.441 e. The van der Waals surface area contributed by atoms with Crippen molar-refractivity contribution in [3.8, 4) is 6.07 Å². The van der Waals surface area contributed by atoms with Gasteiger partial charge in [-0.1, -0.05) is 18.2 Å². The predicted molar refractivity (Wildman–Crippen MR) is 121 cm³/mol. The zero-order valence-corrected chi connectivity index (χ0v) is 17.6. The van der Waals surface area contributed by atoms with Crippen molar-refractivity contribution < 1.29 is 9.53 Å². The highest BCUT2D eigenvalue weighted by atomic mass is 16.5. The Balaban J connectivity index is 1.43. The molecule has 1 aliphatic rings. The Kier molecular flexibility index (Phi) is 5.46. The van der Waals surface area contributed by atoms with Crippen LogP contribution < -0.4 is 5.32 Å². The molecule has 0 bridgehead atoms. The molecule has 0 atom stereocenters. The molecule has 8 heteroatoms. The fourth-order valence-electron chi connectivity index (χ4n) is 4.68. The Morgan fingerprint density at radius 2 is 2.03 bits per heavy atom. The number of fused-ring (bicyclic) bond motifs is 3. The van der Waals surface area contributed by atoms with Gasteiger partial charge in [0.15, 0.2) is 6.61 Å². The van der Waals surface area contributed by atoms with Gasteiger partial charge in [-0.15, -0.1) is 0 Å². The summed E-state index contributed by atoms with van der Waals surface area (Å²) < 4.78 is 7.77. The highest BCUT2D eigenvalue weighted by Crippen LogP contribution is 2.38. The maximum atomic E-state index is 12.4. The minimum absolute atomic E-state index is 0.0669. The van der Waals surface area contributed by atoms with Crippen LogP contribution in [0.25, 0.3) is 22.1 Å². The van der Waals surface area contributed by atoms with Crippen molar-refractivity contribution in [3.05, 3.63) is 54.6 Å². The number of hydrogen-bond donors (Lipinski definition) is 2. The van der Waals surface area contributed by atoms with E-state index in [1.54, 1.807) is 6.20 Å². The van der Waals surface area contributed by atoms with Crippen LogP contribution >= 0.6 is 0 Å². The Morgan fingerprint density at radius 3 is 2.81 bits per heavy atom. The lowest BCUT2D eigenvalue weighted by Crippen LogP contribution is -2.21. The maximum absolute atomic E-state index is 12.4. The van der Waals surface area contributed by atoms with Gasteiger partial charge in [0, 0.05) is 29.7 Å². The van der Waals surface area contributed by atoms with Gasteiger partial charge in [0.25, 0.3) is 0 Å². The standard InChI is InChI=1S/C24H24N6O2/c25-12-10-16-6-8-18(9-7-16)30-21(15-32-24(31)28-17-4-2-1-3-5-17)29-20-14-27-23-19(22(20)30)11-13-26-23/h1-5,11,13-14,16,18H,6-10,15H2,(H,26,27)(H,28,31). The summed E-state index contributed by atoms with van der Waals surface area (Å²) in [4.78, 5) is 24.8. The van der Waals surface area contributed by atoms with Crippen molar-refractivity contribution in [2.24, 2.45) is 5.92 Å². The molecule has 4 aromatic rings. The number of hydrogen-bond acceptors (Lipinski definition) is 5. The molecule has 1 aromatic carbocycles. The van der Waals surface area contributed by atoms with Crippen LogP contribution in [0.2, 0.25) is 0 Å². The lowest BCUT2D eigenvalue weighted by atomic mass is 9.84. The summed E-state index contributed by atoms with van der Waals surface area (Å²) in [6.45, 7) is 0.0669. The first-order chi connectivity index (χ1) is 15.7. The smallest absolute Gasteiger partial charge is 0.412 e. The first kappa shape index (κ1) is 20.1. The van der Waals surface area contributed by atoms with Crippen LogP contribution in [0.1, 0.15) is 44.0 Å². The summed E-state index contributed by atoms with van der Waals surface area (Å²) in [5, 5.41) is 12.8. The van der Waals surface area contributed by atoms with Crippen molar-refractivity contribution in [2.45, 2.75) is 44.8 Å². The number of carbonyl (C=O) groups is 1. The number of pyridine rings is 1. The van der Waals surface area contributed by atoms with Crippen molar-refractivity contribution in [2.75, 3.05) is 5.32 Å². The molecule has 1 saturated carbocycles. The third kappa shape index (κ3) is 3.89. The fraction of sp³-hybridized carbons (Fsp3) is 0.333. The Morgan fingerprint density at radius 1 is 1.22 bits per heavy atom. The highest BCUT2D eigenvalue weighted by Gasteiger charge is 2.27. The molecule has 0 aliphatic heterocycles. The van der Waals surface area contributed by atoms with E-state index in [0.29, 0.717) is 23.9 Å². The lowest BCUT2D eigenvalue weighted by molar-refractivity contribution is 0.148. The number of para-hydroxylation sites is 1. The first-order valence-corrected chi connectivity index (χ1v) is 10.9. The number of H-pyrrole nitrogens is 1. The number of aromatic amines is 1. The van der Waals surface area contributed by atoms with Crippen LogP contribution in [-0.2, 0) is 11.3 Å². The number of amides is 1. The molecule has 1 fully saturated rings. The molecule has 3 heterocycles. The topological polar surface area (TPSA) is 109 Å². The molecule has 32 heavy (non-hydrogen) atoms. The molecular weight excluding hydrogens is 404 g/mol. The quantitative estimate of drug-likeness (QED) is 0.448. The summed E-state index contributed by atoms with van der Waals surface area (Å²) in [7, 11) is 0.